The van der Waals surface area contributed by atoms with Crippen LogP contribution < -0.4 is 10.4 Å². The molecule has 1 N–H and O–H groups in total. The Morgan fingerprint density at radius 1 is 1.05 bits per heavy atom. The predicted molar refractivity (Wildman–Crippen MR) is 92.0 cm³/mol. The van der Waals surface area contributed by atoms with E-state index in [9.17, 15) is 5.11 Å². The van der Waals surface area contributed by atoms with E-state index in [1.807, 2.05) is 12.1 Å². The van der Waals surface area contributed by atoms with Crippen LogP contribution in [0, 0.1) is 0 Å². The third-order valence-electron chi connectivity index (χ3n) is 4.47. The summed E-state index contributed by atoms with van der Waals surface area (Å²) in [7, 11) is 0.277. The first-order valence-corrected chi connectivity index (χ1v) is 10.3. The van der Waals surface area contributed by atoms with Crippen molar-refractivity contribution < 1.29 is 5.11 Å². The van der Waals surface area contributed by atoms with Crippen molar-refractivity contribution in [2.45, 2.75) is 19.7 Å². The molecule has 0 atom stereocenters. The predicted octanol–water partition coefficient (Wildman–Crippen LogP) is 2.49. The van der Waals surface area contributed by atoms with Crippen LogP contribution in [0.2, 0.25) is 13.1 Å². The quantitative estimate of drug-likeness (QED) is 0.738. The largest absolute Gasteiger partial charge is 0.392 e. The SMILES string of the molecule is Cn1ccc2cc([Si](C)(C)c3ccccc3CO)ccc21. The molecular weight excluding hydrogens is 274 g/mol. The average Bonchev–Trinajstić information content (AvgIpc) is 2.88. The summed E-state index contributed by atoms with van der Waals surface area (Å²) in [5, 5.41) is 13.6. The van der Waals surface area contributed by atoms with Crippen LogP contribution in [-0.2, 0) is 13.7 Å². The molecular formula is C18H21NOSi. The first kappa shape index (κ1) is 14.1. The van der Waals surface area contributed by atoms with Crippen LogP contribution >= 0.6 is 0 Å². The molecule has 3 aromatic rings. The van der Waals surface area contributed by atoms with Crippen LogP contribution in [0.5, 0.6) is 0 Å². The Hall–Kier alpha value is -1.84. The number of fused-ring (bicyclic) bond motifs is 1. The molecule has 0 radical (unpaired) electrons. The maximum Gasteiger partial charge on any atom is 0.112 e. The molecule has 0 aliphatic carbocycles. The van der Waals surface area contributed by atoms with E-state index in [4.69, 9.17) is 0 Å². The zero-order valence-corrected chi connectivity index (χ0v) is 13.8. The van der Waals surface area contributed by atoms with Crippen LogP contribution in [-0.4, -0.2) is 17.7 Å². The fourth-order valence-electron chi connectivity index (χ4n) is 3.09. The molecule has 1 aromatic heterocycles. The number of aromatic nitrogens is 1. The maximum absolute atomic E-state index is 9.62. The molecule has 0 unspecified atom stereocenters. The van der Waals surface area contributed by atoms with Crippen molar-refractivity contribution in [3.8, 4) is 0 Å². The van der Waals surface area contributed by atoms with E-state index in [1.54, 1.807) is 0 Å². The number of aliphatic hydroxyl groups is 1. The molecule has 3 heteroatoms. The lowest BCUT2D eigenvalue weighted by atomic mass is 10.2. The molecule has 21 heavy (non-hydrogen) atoms. The summed E-state index contributed by atoms with van der Waals surface area (Å²) in [6.07, 6.45) is 2.10. The molecule has 2 aromatic carbocycles. The van der Waals surface area contributed by atoms with Crippen LogP contribution in [0.3, 0.4) is 0 Å². The van der Waals surface area contributed by atoms with Gasteiger partial charge in [-0.3, -0.25) is 0 Å². The lowest BCUT2D eigenvalue weighted by Gasteiger charge is -2.26. The molecule has 0 fully saturated rings. The van der Waals surface area contributed by atoms with Gasteiger partial charge in [0.05, 0.1) is 6.61 Å². The summed E-state index contributed by atoms with van der Waals surface area (Å²) >= 11 is 0. The van der Waals surface area contributed by atoms with E-state index in [0.717, 1.165) is 5.56 Å². The molecule has 0 aliphatic heterocycles. The molecule has 0 spiro atoms. The molecule has 108 valence electrons. The second kappa shape index (κ2) is 5.17. The number of rotatable bonds is 3. The number of benzene rings is 2. The summed E-state index contributed by atoms with van der Waals surface area (Å²) in [6, 6.07) is 17.2. The second-order valence-corrected chi connectivity index (χ2v) is 10.5. The van der Waals surface area contributed by atoms with E-state index >= 15 is 0 Å². The monoisotopic (exact) mass is 295 g/mol. The standard InChI is InChI=1S/C18H21NOSi/c1-19-11-10-14-12-16(8-9-17(14)19)21(2,3)18-7-5-4-6-15(18)13-20/h4-12,20H,13H2,1-3H3. The van der Waals surface area contributed by atoms with Crippen LogP contribution in [0.25, 0.3) is 10.9 Å². The van der Waals surface area contributed by atoms with Gasteiger partial charge in [0.15, 0.2) is 0 Å². The maximum atomic E-state index is 9.62. The zero-order valence-electron chi connectivity index (χ0n) is 12.8. The van der Waals surface area contributed by atoms with E-state index in [-0.39, 0.29) is 6.61 Å². The highest BCUT2D eigenvalue weighted by Crippen LogP contribution is 2.16. The first-order chi connectivity index (χ1) is 10.0. The Morgan fingerprint density at radius 2 is 1.81 bits per heavy atom. The molecule has 0 saturated carbocycles. The molecule has 0 amide bonds. The molecule has 0 bridgehead atoms. The molecule has 0 aliphatic rings. The Balaban J connectivity index is 2.14. The van der Waals surface area contributed by atoms with E-state index in [2.05, 4.69) is 67.3 Å². The van der Waals surface area contributed by atoms with Crippen molar-refractivity contribution in [1.82, 2.24) is 4.57 Å². The van der Waals surface area contributed by atoms with E-state index in [0.29, 0.717) is 0 Å². The van der Waals surface area contributed by atoms with Crippen molar-refractivity contribution in [3.63, 3.8) is 0 Å². The van der Waals surface area contributed by atoms with Crippen molar-refractivity contribution >= 4 is 29.4 Å². The summed E-state index contributed by atoms with van der Waals surface area (Å²) in [6.45, 7) is 4.82. The topological polar surface area (TPSA) is 25.2 Å². The number of hydrogen-bond donors (Lipinski definition) is 1. The van der Waals surface area contributed by atoms with Gasteiger partial charge in [0.2, 0.25) is 0 Å². The summed E-state index contributed by atoms with van der Waals surface area (Å²) in [5.41, 5.74) is 2.32. The van der Waals surface area contributed by atoms with E-state index < -0.39 is 8.07 Å². The Labute approximate surface area is 126 Å². The third kappa shape index (κ3) is 2.32. The molecule has 2 nitrogen and oxygen atoms in total. The van der Waals surface area contributed by atoms with Crippen LogP contribution in [0.15, 0.2) is 54.7 Å². The van der Waals surface area contributed by atoms with Crippen molar-refractivity contribution in [3.05, 3.63) is 60.3 Å². The summed E-state index contributed by atoms with van der Waals surface area (Å²) < 4.78 is 2.15. The third-order valence-corrected chi connectivity index (χ3v) is 8.06. The highest BCUT2D eigenvalue weighted by atomic mass is 28.3. The van der Waals surface area contributed by atoms with Gasteiger partial charge in [0, 0.05) is 18.8 Å². The highest BCUT2D eigenvalue weighted by Gasteiger charge is 2.28. The molecule has 3 rings (SSSR count). The van der Waals surface area contributed by atoms with Gasteiger partial charge in [-0.05, 0) is 28.3 Å². The lowest BCUT2D eigenvalue weighted by molar-refractivity contribution is 0.283. The number of nitrogens with zero attached hydrogens (tertiary/aromatic N) is 1. The summed E-state index contributed by atoms with van der Waals surface area (Å²) in [4.78, 5) is 0. The minimum Gasteiger partial charge on any atom is -0.392 e. The lowest BCUT2D eigenvalue weighted by Crippen LogP contribution is -2.54. The van der Waals surface area contributed by atoms with Gasteiger partial charge >= 0.3 is 0 Å². The van der Waals surface area contributed by atoms with Gasteiger partial charge in [-0.1, -0.05) is 54.7 Å². The van der Waals surface area contributed by atoms with E-state index in [1.165, 1.54) is 21.3 Å². The number of hydrogen-bond acceptors (Lipinski definition) is 1. The van der Waals surface area contributed by atoms with Crippen LogP contribution in [0.4, 0.5) is 0 Å². The smallest absolute Gasteiger partial charge is 0.112 e. The molecule has 1 heterocycles. The van der Waals surface area contributed by atoms with Gasteiger partial charge in [0.25, 0.3) is 0 Å². The van der Waals surface area contributed by atoms with Gasteiger partial charge in [-0.15, -0.1) is 0 Å². The Morgan fingerprint density at radius 3 is 2.57 bits per heavy atom. The zero-order chi connectivity index (χ0) is 15.0. The normalized spacial score (nSPS) is 12.0. The van der Waals surface area contributed by atoms with Crippen molar-refractivity contribution in [2.75, 3.05) is 0 Å². The van der Waals surface area contributed by atoms with Crippen LogP contribution in [0.1, 0.15) is 5.56 Å². The van der Waals surface area contributed by atoms with Gasteiger partial charge in [-0.2, -0.15) is 0 Å². The Bertz CT molecular complexity index is 789. The van der Waals surface area contributed by atoms with Crippen molar-refractivity contribution in [2.24, 2.45) is 7.05 Å². The fraction of sp³-hybridized carbons (Fsp3) is 0.222. The average molecular weight is 295 g/mol. The second-order valence-electron chi connectivity index (χ2n) is 6.14. The Kier molecular flexibility index (Phi) is 3.47. The number of aryl methyl sites for hydroxylation is 1. The van der Waals surface area contributed by atoms with Crippen molar-refractivity contribution in [1.29, 1.82) is 0 Å². The molecule has 0 saturated heterocycles. The number of aliphatic hydroxyl groups excluding tert-OH is 1. The highest BCUT2D eigenvalue weighted by molar-refractivity contribution is 7.00. The minimum absolute atomic E-state index is 0.111. The first-order valence-electron chi connectivity index (χ1n) is 7.29. The summed E-state index contributed by atoms with van der Waals surface area (Å²) in [5.74, 6) is 0. The van der Waals surface area contributed by atoms with Gasteiger partial charge < -0.3 is 9.67 Å². The van der Waals surface area contributed by atoms with Gasteiger partial charge in [-0.25, -0.2) is 0 Å². The minimum atomic E-state index is -1.80. The van der Waals surface area contributed by atoms with Gasteiger partial charge in [0.1, 0.15) is 8.07 Å². The fourth-order valence-corrected chi connectivity index (χ4v) is 5.90.